The molecule has 0 unspecified atom stereocenters. The number of hydrogen-bond acceptors (Lipinski definition) is 3. The smallest absolute Gasteiger partial charge is 0.870 e. The van der Waals surface area contributed by atoms with Gasteiger partial charge in [-0.25, -0.2) is 0 Å². The molecule has 5 heteroatoms. The Balaban J connectivity index is -0.000000101. The summed E-state index contributed by atoms with van der Waals surface area (Å²) in [6.07, 6.45) is 1.85. The summed E-state index contributed by atoms with van der Waals surface area (Å²) in [4.78, 5) is 0. The first-order valence-electron chi connectivity index (χ1n) is 2.75. The monoisotopic (exact) mass is 216 g/mol. The van der Waals surface area contributed by atoms with Gasteiger partial charge in [0, 0.05) is 5.54 Å². The fraction of sp³-hybridized carbons (Fsp3) is 0. The summed E-state index contributed by atoms with van der Waals surface area (Å²) in [7, 11) is 0. The Bertz CT molecular complexity index is 204. The Labute approximate surface area is 93.1 Å². The van der Waals surface area contributed by atoms with E-state index in [2.05, 4.69) is 0 Å². The maximum Gasteiger partial charge on any atom is 3.00 e. The van der Waals surface area contributed by atoms with Crippen molar-refractivity contribution in [1.82, 2.24) is 0 Å². The van der Waals surface area contributed by atoms with Gasteiger partial charge in [-0.05, 0) is 11.6 Å². The van der Waals surface area contributed by atoms with Gasteiger partial charge in [0.05, 0.1) is 0 Å². The van der Waals surface area contributed by atoms with Gasteiger partial charge in [-0.1, -0.05) is 41.9 Å². The van der Waals surface area contributed by atoms with Crippen molar-refractivity contribution >= 4 is 35.0 Å². The van der Waals surface area contributed by atoms with Crippen LogP contribution in [0.5, 0.6) is 0 Å². The van der Waals surface area contributed by atoms with Gasteiger partial charge in [-0.3, -0.25) is 0 Å². The fourth-order valence-corrected chi connectivity index (χ4v) is 0.782. The zero-order valence-electron chi connectivity index (χ0n) is 6.84. The van der Waals surface area contributed by atoms with E-state index >= 15 is 0 Å². The third-order valence-electron chi connectivity index (χ3n) is 1.06. The molecule has 0 radical (unpaired) electrons. The third kappa shape index (κ3) is 9.58. The molecule has 0 atom stereocenters. The molecule has 13 heavy (non-hydrogen) atoms. The minimum absolute atomic E-state index is 0. The van der Waals surface area contributed by atoms with E-state index in [0.29, 0.717) is 0 Å². The molecular weight excluding hydrogens is 207 g/mol. The third-order valence-corrected chi connectivity index (χ3v) is 1.18. The molecule has 0 saturated heterocycles. The van der Waals surface area contributed by atoms with Crippen molar-refractivity contribution in [2.45, 2.75) is 0 Å². The summed E-state index contributed by atoms with van der Waals surface area (Å²) in [5.74, 6) is 0. The Kier molecular flexibility index (Phi) is 25.1. The number of hydrogen-bond donors (Lipinski definition) is 0. The average molecular weight is 217 g/mol. The standard InChI is InChI=1S/C8H7Cl.Al.3H2O/c9-7-6-8-4-2-1-3-5-8;;;;/h1-7H;;3*1H2/q;+3;;;/p-3. The molecule has 0 fully saturated rings. The molecule has 70 valence electrons. The summed E-state index contributed by atoms with van der Waals surface area (Å²) >= 11 is 5.36. The molecule has 0 bridgehead atoms. The van der Waals surface area contributed by atoms with Crippen LogP contribution in [0.25, 0.3) is 6.08 Å². The van der Waals surface area contributed by atoms with Crippen LogP contribution in [0.1, 0.15) is 5.56 Å². The average Bonchev–Trinajstić information content (AvgIpc) is 1.91. The summed E-state index contributed by atoms with van der Waals surface area (Å²) in [6.45, 7) is 0. The zero-order valence-corrected chi connectivity index (χ0v) is 8.75. The molecule has 0 aliphatic rings. The summed E-state index contributed by atoms with van der Waals surface area (Å²) in [5.41, 5.74) is 2.64. The van der Waals surface area contributed by atoms with Crippen molar-refractivity contribution < 1.29 is 16.4 Å². The Morgan fingerprint density at radius 3 is 1.77 bits per heavy atom. The van der Waals surface area contributed by atoms with Gasteiger partial charge < -0.3 is 16.4 Å². The normalized spacial score (nSPS) is 7.15. The summed E-state index contributed by atoms with van der Waals surface area (Å²) in [5, 5.41) is 0. The van der Waals surface area contributed by atoms with Crippen LogP contribution >= 0.6 is 11.6 Å². The second-order valence-corrected chi connectivity index (χ2v) is 1.96. The topological polar surface area (TPSA) is 90.0 Å². The van der Waals surface area contributed by atoms with Crippen LogP contribution in [-0.2, 0) is 0 Å². The van der Waals surface area contributed by atoms with Gasteiger partial charge in [0.2, 0.25) is 0 Å². The molecule has 1 rings (SSSR count). The Morgan fingerprint density at radius 2 is 1.38 bits per heavy atom. The SMILES string of the molecule is ClC=Cc1ccccc1.[Al+3].[OH-].[OH-].[OH-]. The quantitative estimate of drug-likeness (QED) is 0.672. The molecule has 0 aliphatic carbocycles. The first kappa shape index (κ1) is 23.0. The van der Waals surface area contributed by atoms with Gasteiger partial charge in [0.25, 0.3) is 0 Å². The number of rotatable bonds is 1. The molecule has 0 heterocycles. The van der Waals surface area contributed by atoms with Crippen molar-refractivity contribution in [3.05, 3.63) is 41.4 Å². The molecule has 0 spiro atoms. The van der Waals surface area contributed by atoms with E-state index in [-0.39, 0.29) is 33.8 Å². The summed E-state index contributed by atoms with van der Waals surface area (Å²) < 4.78 is 0. The molecule has 1 aromatic carbocycles. The second-order valence-electron chi connectivity index (χ2n) is 1.70. The van der Waals surface area contributed by atoms with Gasteiger partial charge in [0.1, 0.15) is 0 Å². The minimum atomic E-state index is 0. The van der Waals surface area contributed by atoms with Crippen molar-refractivity contribution in [3.8, 4) is 0 Å². The van der Waals surface area contributed by atoms with Crippen LogP contribution in [0.15, 0.2) is 35.9 Å². The van der Waals surface area contributed by atoms with E-state index < -0.39 is 0 Å². The predicted molar refractivity (Wildman–Crippen MR) is 52.9 cm³/mol. The number of halogens is 1. The van der Waals surface area contributed by atoms with E-state index in [1.807, 2.05) is 36.4 Å². The fourth-order valence-electron chi connectivity index (χ4n) is 0.637. The van der Waals surface area contributed by atoms with E-state index in [4.69, 9.17) is 11.6 Å². The van der Waals surface area contributed by atoms with Crippen LogP contribution in [-0.4, -0.2) is 33.8 Å². The molecule has 1 aromatic rings. The van der Waals surface area contributed by atoms with Crippen LogP contribution < -0.4 is 0 Å². The maximum absolute atomic E-state index is 5.36. The van der Waals surface area contributed by atoms with Crippen LogP contribution in [0, 0.1) is 0 Å². The predicted octanol–water partition coefficient (Wildman–Crippen LogP) is 1.98. The van der Waals surface area contributed by atoms with Crippen LogP contribution in [0.4, 0.5) is 0 Å². The van der Waals surface area contributed by atoms with Crippen LogP contribution in [0.3, 0.4) is 0 Å². The van der Waals surface area contributed by atoms with E-state index in [1.54, 1.807) is 0 Å². The zero-order chi connectivity index (χ0) is 6.53. The van der Waals surface area contributed by atoms with Crippen molar-refractivity contribution in [3.63, 3.8) is 0 Å². The van der Waals surface area contributed by atoms with Crippen molar-refractivity contribution in [1.29, 1.82) is 0 Å². The van der Waals surface area contributed by atoms with E-state index in [0.717, 1.165) is 5.56 Å². The molecule has 3 nitrogen and oxygen atoms in total. The second kappa shape index (κ2) is 14.2. The van der Waals surface area contributed by atoms with E-state index in [9.17, 15) is 0 Å². The molecular formula is C8H10AlClO3. The van der Waals surface area contributed by atoms with Crippen molar-refractivity contribution in [2.24, 2.45) is 0 Å². The van der Waals surface area contributed by atoms with Gasteiger partial charge in [-0.15, -0.1) is 0 Å². The molecule has 0 saturated carbocycles. The first-order chi connectivity index (χ1) is 4.43. The van der Waals surface area contributed by atoms with E-state index in [1.165, 1.54) is 5.54 Å². The van der Waals surface area contributed by atoms with Crippen molar-refractivity contribution in [2.75, 3.05) is 0 Å². The molecule has 0 amide bonds. The summed E-state index contributed by atoms with van der Waals surface area (Å²) in [6, 6.07) is 9.93. The van der Waals surface area contributed by atoms with Crippen LogP contribution in [0.2, 0.25) is 0 Å². The Morgan fingerprint density at radius 1 is 0.923 bits per heavy atom. The molecule has 3 N–H and O–H groups in total. The van der Waals surface area contributed by atoms with Gasteiger partial charge in [-0.2, -0.15) is 0 Å². The molecule has 0 aliphatic heterocycles. The first-order valence-corrected chi connectivity index (χ1v) is 3.19. The minimum Gasteiger partial charge on any atom is -0.870 e. The van der Waals surface area contributed by atoms with Gasteiger partial charge in [0.15, 0.2) is 0 Å². The largest absolute Gasteiger partial charge is 3.00 e. The Hall–Kier alpha value is -0.338. The van der Waals surface area contributed by atoms with Gasteiger partial charge >= 0.3 is 17.4 Å². The number of benzene rings is 1. The maximum atomic E-state index is 5.36. The molecule has 0 aromatic heterocycles.